The Hall–Kier alpha value is -3.07. The molecule has 1 aromatic carbocycles. The van der Waals surface area contributed by atoms with Crippen molar-refractivity contribution in [2.24, 2.45) is 5.92 Å². The van der Waals surface area contributed by atoms with Crippen LogP contribution in [0.4, 0.5) is 0 Å². The Bertz CT molecular complexity index is 1210. The topological polar surface area (TPSA) is 121 Å². The first kappa shape index (κ1) is 20.2. The van der Waals surface area contributed by atoms with Gasteiger partial charge in [0.25, 0.3) is 5.56 Å². The van der Waals surface area contributed by atoms with Crippen LogP contribution in [0.2, 0.25) is 0 Å². The van der Waals surface area contributed by atoms with E-state index in [0.717, 1.165) is 29.5 Å². The minimum absolute atomic E-state index is 0.0297. The molecule has 2 N–H and O–H groups in total. The highest BCUT2D eigenvalue weighted by atomic mass is 16.4. The summed E-state index contributed by atoms with van der Waals surface area (Å²) in [6, 6.07) is 3.88. The standard InChI is InChI=1S/C21H25N5O4/c1-11-9-14-16(10-12(11)2)26(18-17(22-14)19(27)24-21(30)23-18)8-7-25(3)15-6-4-5-13(15)20(28)29/h9-10,13,15H,4-8H2,1-3H3,(H,28,29)(H,24,27,30)/t13-,15+/m1/s1. The van der Waals surface area contributed by atoms with Gasteiger partial charge >= 0.3 is 11.7 Å². The summed E-state index contributed by atoms with van der Waals surface area (Å²) in [6.07, 6.45) is 2.43. The number of aromatic amines is 1. The van der Waals surface area contributed by atoms with Crippen molar-refractivity contribution in [3.05, 3.63) is 44.1 Å². The Morgan fingerprint density at radius 3 is 2.70 bits per heavy atom. The summed E-state index contributed by atoms with van der Waals surface area (Å²) in [6.45, 7) is 4.99. The third kappa shape index (κ3) is 3.49. The molecule has 2 atom stereocenters. The highest BCUT2D eigenvalue weighted by Crippen LogP contribution is 2.30. The molecular weight excluding hydrogens is 386 g/mol. The van der Waals surface area contributed by atoms with Crippen molar-refractivity contribution in [2.75, 3.05) is 13.6 Å². The fraction of sp³-hybridized carbons (Fsp3) is 0.476. The van der Waals surface area contributed by atoms with Crippen molar-refractivity contribution in [1.82, 2.24) is 24.4 Å². The molecule has 1 aliphatic carbocycles. The number of aliphatic carboxylic acids is 1. The number of hydrogen-bond donors (Lipinski definition) is 2. The second-order valence-corrected chi connectivity index (χ2v) is 8.16. The number of carbonyl (C=O) groups is 1. The summed E-state index contributed by atoms with van der Waals surface area (Å²) >= 11 is 0. The number of benzene rings is 1. The molecule has 1 fully saturated rings. The molecule has 30 heavy (non-hydrogen) atoms. The van der Waals surface area contributed by atoms with Crippen molar-refractivity contribution >= 4 is 17.0 Å². The molecule has 0 unspecified atom stereocenters. The predicted octanol–water partition coefficient (Wildman–Crippen LogP) is 1.39. The van der Waals surface area contributed by atoms with Crippen LogP contribution >= 0.6 is 0 Å². The summed E-state index contributed by atoms with van der Waals surface area (Å²) in [7, 11) is 1.92. The van der Waals surface area contributed by atoms with E-state index in [1.165, 1.54) is 0 Å². The van der Waals surface area contributed by atoms with E-state index in [1.807, 2.05) is 37.6 Å². The number of aromatic nitrogens is 4. The lowest BCUT2D eigenvalue weighted by Crippen LogP contribution is -2.40. The lowest BCUT2D eigenvalue weighted by Gasteiger charge is -2.28. The number of nitrogens with zero attached hydrogens (tertiary/aromatic N) is 4. The fourth-order valence-corrected chi connectivity index (χ4v) is 4.46. The Balaban J connectivity index is 1.78. The molecule has 4 rings (SSSR count). The number of rotatable bonds is 5. The summed E-state index contributed by atoms with van der Waals surface area (Å²) in [5, 5.41) is 9.50. The van der Waals surface area contributed by atoms with Gasteiger partial charge in [-0.2, -0.15) is 4.98 Å². The molecule has 2 heterocycles. The molecule has 0 amide bonds. The third-order valence-corrected chi connectivity index (χ3v) is 6.26. The molecule has 9 heteroatoms. The maximum absolute atomic E-state index is 12.4. The first-order valence-corrected chi connectivity index (χ1v) is 10.1. The van der Waals surface area contributed by atoms with Gasteiger partial charge in [-0.1, -0.05) is 6.42 Å². The second kappa shape index (κ2) is 7.64. The van der Waals surface area contributed by atoms with Crippen molar-refractivity contribution in [2.45, 2.75) is 45.7 Å². The van der Waals surface area contributed by atoms with Gasteiger partial charge in [-0.3, -0.25) is 14.6 Å². The first-order chi connectivity index (χ1) is 14.3. The molecule has 0 aromatic heterocycles. The van der Waals surface area contributed by atoms with Crippen LogP contribution in [0.25, 0.3) is 22.6 Å². The maximum Gasteiger partial charge on any atom is 0.349 e. The number of hydrogen-bond acceptors (Lipinski definition) is 6. The van der Waals surface area contributed by atoms with Gasteiger partial charge in [-0.05, 0) is 57.0 Å². The monoisotopic (exact) mass is 411 g/mol. The Labute approximate surface area is 172 Å². The van der Waals surface area contributed by atoms with E-state index in [9.17, 15) is 19.5 Å². The van der Waals surface area contributed by atoms with Gasteiger partial charge in [0.2, 0.25) is 0 Å². The summed E-state index contributed by atoms with van der Waals surface area (Å²) in [5.74, 6) is -0.883. The van der Waals surface area contributed by atoms with Crippen LogP contribution in [0, 0.1) is 19.8 Å². The number of carboxylic acids is 1. The summed E-state index contributed by atoms with van der Waals surface area (Å²) in [4.78, 5) is 48.6. The molecule has 0 spiro atoms. The lowest BCUT2D eigenvalue weighted by molar-refractivity contribution is -0.143. The molecule has 1 aromatic rings. The number of nitrogens with one attached hydrogen (secondary N) is 1. The van der Waals surface area contributed by atoms with Crippen LogP contribution in [-0.4, -0.2) is 55.1 Å². The van der Waals surface area contributed by atoms with Crippen LogP contribution in [-0.2, 0) is 11.3 Å². The Kier molecular flexibility index (Phi) is 5.15. The highest BCUT2D eigenvalue weighted by molar-refractivity contribution is 5.81. The zero-order valence-electron chi connectivity index (χ0n) is 17.3. The predicted molar refractivity (Wildman–Crippen MR) is 112 cm³/mol. The smallest absolute Gasteiger partial charge is 0.349 e. The molecular formula is C21H25N5O4. The Morgan fingerprint density at radius 1 is 1.23 bits per heavy atom. The van der Waals surface area contributed by atoms with Crippen LogP contribution in [0.15, 0.2) is 21.7 Å². The van der Waals surface area contributed by atoms with E-state index in [1.54, 1.807) is 0 Å². The van der Waals surface area contributed by atoms with E-state index in [4.69, 9.17) is 0 Å². The Morgan fingerprint density at radius 2 is 1.97 bits per heavy atom. The molecule has 0 radical (unpaired) electrons. The largest absolute Gasteiger partial charge is 0.481 e. The minimum Gasteiger partial charge on any atom is -0.481 e. The molecule has 0 saturated heterocycles. The second-order valence-electron chi connectivity index (χ2n) is 8.16. The van der Waals surface area contributed by atoms with Crippen LogP contribution in [0.3, 0.4) is 0 Å². The molecule has 0 bridgehead atoms. The SMILES string of the molecule is Cc1cc2nc3c(=O)[nH]c(=O)nc-3n(CCN(C)[C@H]3CCC[C@H]3C(=O)O)c2cc1C. The lowest BCUT2D eigenvalue weighted by atomic mass is 10.0. The number of H-pyrrole nitrogens is 1. The molecule has 3 aliphatic rings. The van der Waals surface area contributed by atoms with Gasteiger partial charge in [0.15, 0.2) is 11.5 Å². The fourth-order valence-electron chi connectivity index (χ4n) is 4.46. The van der Waals surface area contributed by atoms with E-state index >= 15 is 0 Å². The summed E-state index contributed by atoms with van der Waals surface area (Å²) in [5.41, 5.74) is 2.42. The molecule has 9 nitrogen and oxygen atoms in total. The van der Waals surface area contributed by atoms with Gasteiger partial charge in [0.05, 0.1) is 17.0 Å². The van der Waals surface area contributed by atoms with E-state index in [-0.39, 0.29) is 23.5 Å². The van der Waals surface area contributed by atoms with Crippen molar-refractivity contribution in [3.63, 3.8) is 0 Å². The number of likely N-dealkylation sites (N-methyl/N-ethyl adjacent to an activating group) is 1. The third-order valence-electron chi connectivity index (χ3n) is 6.26. The van der Waals surface area contributed by atoms with Gasteiger partial charge < -0.3 is 14.6 Å². The molecule has 1 saturated carbocycles. The quantitative estimate of drug-likeness (QED) is 0.609. The van der Waals surface area contributed by atoms with Crippen LogP contribution in [0.5, 0.6) is 0 Å². The van der Waals surface area contributed by atoms with E-state index in [0.29, 0.717) is 25.0 Å². The molecule has 158 valence electrons. The maximum atomic E-state index is 12.4. The van der Waals surface area contributed by atoms with Crippen LogP contribution < -0.4 is 11.2 Å². The van der Waals surface area contributed by atoms with Crippen molar-refractivity contribution < 1.29 is 9.90 Å². The minimum atomic E-state index is -0.757. The van der Waals surface area contributed by atoms with Gasteiger partial charge in [-0.15, -0.1) is 0 Å². The highest BCUT2D eigenvalue weighted by Gasteiger charge is 2.35. The van der Waals surface area contributed by atoms with Crippen molar-refractivity contribution in [1.29, 1.82) is 0 Å². The van der Waals surface area contributed by atoms with Crippen LogP contribution in [0.1, 0.15) is 30.4 Å². The van der Waals surface area contributed by atoms with E-state index in [2.05, 4.69) is 19.9 Å². The number of fused-ring (bicyclic) bond motifs is 2. The summed E-state index contributed by atoms with van der Waals surface area (Å²) < 4.78 is 1.85. The van der Waals surface area contributed by atoms with Crippen molar-refractivity contribution in [3.8, 4) is 11.5 Å². The number of carboxylic acid groups (broad SMARTS) is 1. The first-order valence-electron chi connectivity index (χ1n) is 10.1. The van der Waals surface area contributed by atoms with E-state index < -0.39 is 17.2 Å². The molecule has 2 aliphatic heterocycles. The van der Waals surface area contributed by atoms with Gasteiger partial charge in [0, 0.05) is 19.1 Å². The van der Waals surface area contributed by atoms with Gasteiger partial charge in [0.1, 0.15) is 0 Å². The zero-order chi connectivity index (χ0) is 21.6. The average molecular weight is 411 g/mol. The average Bonchev–Trinajstić information content (AvgIpc) is 3.17. The number of aryl methyl sites for hydroxylation is 2. The zero-order valence-corrected chi connectivity index (χ0v) is 17.3. The normalized spacial score (nSPS) is 19.2. The van der Waals surface area contributed by atoms with Gasteiger partial charge in [-0.25, -0.2) is 9.78 Å².